The maximum absolute atomic E-state index is 14.0. The van der Waals surface area contributed by atoms with Crippen LogP contribution in [0.4, 0.5) is 4.39 Å². The predicted octanol–water partition coefficient (Wildman–Crippen LogP) is 2.74. The Kier molecular flexibility index (Phi) is 4.07. The Labute approximate surface area is 146 Å². The van der Waals surface area contributed by atoms with Crippen LogP contribution in [0.5, 0.6) is 0 Å². The molecule has 132 valence electrons. The number of amides is 1. The lowest BCUT2D eigenvalue weighted by atomic mass is 9.84. The van der Waals surface area contributed by atoms with Crippen molar-refractivity contribution in [1.82, 2.24) is 14.7 Å². The number of aryl methyl sites for hydroxylation is 1. The molecule has 0 bridgehead atoms. The average Bonchev–Trinajstić information content (AvgIpc) is 3.22. The van der Waals surface area contributed by atoms with Gasteiger partial charge in [-0.1, -0.05) is 12.1 Å². The van der Waals surface area contributed by atoms with Crippen molar-refractivity contribution >= 4 is 5.91 Å². The van der Waals surface area contributed by atoms with E-state index in [2.05, 4.69) is 5.10 Å². The number of rotatable bonds is 2. The number of likely N-dealkylation sites (tertiary alicyclic amines) is 1. The van der Waals surface area contributed by atoms with Gasteiger partial charge in [-0.05, 0) is 37.0 Å². The lowest BCUT2D eigenvalue weighted by Gasteiger charge is -2.39. The van der Waals surface area contributed by atoms with E-state index < -0.39 is 5.82 Å². The number of aromatic nitrogens is 2. The summed E-state index contributed by atoms with van der Waals surface area (Å²) in [5, 5.41) is 4.24. The first-order chi connectivity index (χ1) is 12.1. The van der Waals surface area contributed by atoms with Gasteiger partial charge in [0.1, 0.15) is 5.82 Å². The highest BCUT2D eigenvalue weighted by molar-refractivity contribution is 5.94. The van der Waals surface area contributed by atoms with Crippen LogP contribution in [-0.2, 0) is 11.8 Å². The predicted molar refractivity (Wildman–Crippen MR) is 90.8 cm³/mol. The largest absolute Gasteiger partial charge is 0.372 e. The molecule has 6 heteroatoms. The first kappa shape index (κ1) is 16.3. The number of hydrogen-bond acceptors (Lipinski definition) is 3. The Morgan fingerprint density at radius 3 is 3.00 bits per heavy atom. The summed E-state index contributed by atoms with van der Waals surface area (Å²) in [4.78, 5) is 14.5. The fraction of sp³-hybridized carbons (Fsp3) is 0.474. The number of ether oxygens (including phenoxy) is 1. The van der Waals surface area contributed by atoms with Crippen molar-refractivity contribution < 1.29 is 13.9 Å². The van der Waals surface area contributed by atoms with Crippen molar-refractivity contribution in [2.24, 2.45) is 7.05 Å². The van der Waals surface area contributed by atoms with E-state index in [-0.39, 0.29) is 17.1 Å². The molecule has 2 aliphatic heterocycles. The molecule has 4 rings (SSSR count). The second kappa shape index (κ2) is 6.26. The standard InChI is InChI=1S/C19H22FN3O2/c1-22-11-15(10-21-22)14-9-19(25-12-14)7-4-8-23(13-19)18(24)16-5-2-3-6-17(16)20/h2-3,5-6,10-11,14H,4,7-9,12-13H2,1H3. The topological polar surface area (TPSA) is 47.4 Å². The highest BCUT2D eigenvalue weighted by Crippen LogP contribution is 2.41. The van der Waals surface area contributed by atoms with E-state index in [4.69, 9.17) is 4.74 Å². The number of hydrogen-bond donors (Lipinski definition) is 0. The molecule has 0 aliphatic carbocycles. The van der Waals surface area contributed by atoms with Crippen LogP contribution >= 0.6 is 0 Å². The molecular formula is C19H22FN3O2. The number of piperidine rings is 1. The molecule has 1 aromatic heterocycles. The Morgan fingerprint density at radius 2 is 2.24 bits per heavy atom. The van der Waals surface area contributed by atoms with E-state index in [9.17, 15) is 9.18 Å². The normalized spacial score (nSPS) is 26.3. The summed E-state index contributed by atoms with van der Waals surface area (Å²) in [7, 11) is 1.91. The van der Waals surface area contributed by atoms with Gasteiger partial charge in [0.25, 0.3) is 5.91 Å². The third-order valence-corrected chi connectivity index (χ3v) is 5.34. The number of carbonyl (C=O) groups is 1. The fourth-order valence-electron chi connectivity index (χ4n) is 4.07. The van der Waals surface area contributed by atoms with Gasteiger partial charge in [-0.15, -0.1) is 0 Å². The van der Waals surface area contributed by atoms with E-state index >= 15 is 0 Å². The Hall–Kier alpha value is -2.21. The Balaban J connectivity index is 1.50. The molecule has 1 aromatic carbocycles. The highest BCUT2D eigenvalue weighted by atomic mass is 19.1. The zero-order chi connectivity index (χ0) is 17.4. The van der Waals surface area contributed by atoms with Crippen molar-refractivity contribution in [1.29, 1.82) is 0 Å². The molecule has 2 saturated heterocycles. The second-order valence-electron chi connectivity index (χ2n) is 7.15. The van der Waals surface area contributed by atoms with Crippen LogP contribution in [0.2, 0.25) is 0 Å². The molecule has 0 N–H and O–H groups in total. The van der Waals surface area contributed by atoms with Gasteiger partial charge in [0.2, 0.25) is 0 Å². The minimum Gasteiger partial charge on any atom is -0.372 e. The molecule has 2 atom stereocenters. The van der Waals surface area contributed by atoms with Crippen molar-refractivity contribution in [3.63, 3.8) is 0 Å². The molecule has 0 saturated carbocycles. The van der Waals surface area contributed by atoms with Gasteiger partial charge in [0.05, 0.1) is 24.0 Å². The number of carbonyl (C=O) groups excluding carboxylic acids is 1. The van der Waals surface area contributed by atoms with Gasteiger partial charge in [-0.3, -0.25) is 9.48 Å². The van der Waals surface area contributed by atoms with Gasteiger partial charge in [0, 0.05) is 32.3 Å². The Morgan fingerprint density at radius 1 is 1.40 bits per heavy atom. The maximum Gasteiger partial charge on any atom is 0.256 e. The van der Waals surface area contributed by atoms with E-state index in [1.54, 1.807) is 27.8 Å². The van der Waals surface area contributed by atoms with Gasteiger partial charge >= 0.3 is 0 Å². The molecule has 2 aromatic rings. The van der Waals surface area contributed by atoms with E-state index in [1.165, 1.54) is 11.6 Å². The van der Waals surface area contributed by atoms with Gasteiger partial charge in [0.15, 0.2) is 0 Å². The van der Waals surface area contributed by atoms with Crippen LogP contribution in [0.25, 0.3) is 0 Å². The first-order valence-electron chi connectivity index (χ1n) is 8.73. The molecule has 3 heterocycles. The van der Waals surface area contributed by atoms with Crippen LogP contribution in [-0.4, -0.2) is 45.9 Å². The lowest BCUT2D eigenvalue weighted by molar-refractivity contribution is -0.0448. The second-order valence-corrected chi connectivity index (χ2v) is 7.15. The minimum atomic E-state index is -0.465. The van der Waals surface area contributed by atoms with E-state index in [1.807, 2.05) is 19.4 Å². The zero-order valence-corrected chi connectivity index (χ0v) is 14.3. The van der Waals surface area contributed by atoms with E-state index in [0.29, 0.717) is 25.6 Å². The molecule has 2 fully saturated rings. The molecule has 2 unspecified atom stereocenters. The fourth-order valence-corrected chi connectivity index (χ4v) is 4.07. The smallest absolute Gasteiger partial charge is 0.256 e. The number of nitrogens with zero attached hydrogens (tertiary/aromatic N) is 3. The zero-order valence-electron chi connectivity index (χ0n) is 14.3. The molecule has 25 heavy (non-hydrogen) atoms. The van der Waals surface area contributed by atoms with Crippen molar-refractivity contribution in [2.75, 3.05) is 19.7 Å². The van der Waals surface area contributed by atoms with Crippen LogP contribution < -0.4 is 0 Å². The lowest BCUT2D eigenvalue weighted by Crippen LogP contribution is -2.50. The van der Waals surface area contributed by atoms with Crippen LogP contribution in [0.3, 0.4) is 0 Å². The molecule has 0 radical (unpaired) electrons. The quantitative estimate of drug-likeness (QED) is 0.842. The number of benzene rings is 1. The summed E-state index contributed by atoms with van der Waals surface area (Å²) in [6.07, 6.45) is 6.60. The van der Waals surface area contributed by atoms with Crippen LogP contribution in [0.1, 0.15) is 41.1 Å². The Bertz CT molecular complexity index is 790. The third-order valence-electron chi connectivity index (χ3n) is 5.34. The van der Waals surface area contributed by atoms with Crippen molar-refractivity contribution in [3.8, 4) is 0 Å². The van der Waals surface area contributed by atoms with Gasteiger partial charge in [-0.25, -0.2) is 4.39 Å². The van der Waals surface area contributed by atoms with Gasteiger partial charge in [-0.2, -0.15) is 5.10 Å². The number of halogens is 1. The minimum absolute atomic E-state index is 0.140. The summed E-state index contributed by atoms with van der Waals surface area (Å²) in [6.45, 7) is 1.82. The first-order valence-corrected chi connectivity index (χ1v) is 8.73. The maximum atomic E-state index is 14.0. The van der Waals surface area contributed by atoms with Crippen LogP contribution in [0.15, 0.2) is 36.7 Å². The monoisotopic (exact) mass is 343 g/mol. The molecule has 5 nitrogen and oxygen atoms in total. The average molecular weight is 343 g/mol. The molecular weight excluding hydrogens is 321 g/mol. The third kappa shape index (κ3) is 3.06. The van der Waals surface area contributed by atoms with Crippen molar-refractivity contribution in [3.05, 3.63) is 53.6 Å². The summed E-state index contributed by atoms with van der Waals surface area (Å²) in [6, 6.07) is 6.17. The van der Waals surface area contributed by atoms with Gasteiger partial charge < -0.3 is 9.64 Å². The summed E-state index contributed by atoms with van der Waals surface area (Å²) < 4.78 is 21.9. The molecule has 1 amide bonds. The molecule has 2 aliphatic rings. The summed E-state index contributed by atoms with van der Waals surface area (Å²) in [5.74, 6) is -0.407. The molecule has 1 spiro atoms. The SMILES string of the molecule is Cn1cc(C2COC3(CCCN(C(=O)c4ccccc4F)C3)C2)cn1. The summed E-state index contributed by atoms with van der Waals surface area (Å²) in [5.41, 5.74) is 0.998. The van der Waals surface area contributed by atoms with Crippen molar-refractivity contribution in [2.45, 2.75) is 30.8 Å². The highest BCUT2D eigenvalue weighted by Gasteiger charge is 2.45. The summed E-state index contributed by atoms with van der Waals surface area (Å²) >= 11 is 0. The van der Waals surface area contributed by atoms with Crippen LogP contribution in [0, 0.1) is 5.82 Å². The van der Waals surface area contributed by atoms with E-state index in [0.717, 1.165) is 19.3 Å².